The minimum Gasteiger partial charge on any atom is -0.365 e. The van der Waals surface area contributed by atoms with Crippen molar-refractivity contribution >= 4 is 27.4 Å². The van der Waals surface area contributed by atoms with Crippen LogP contribution < -0.4 is 5.32 Å². The number of fused-ring (bicyclic) bond motifs is 1. The first-order chi connectivity index (χ1) is 9.65. The Morgan fingerprint density at radius 3 is 2.70 bits per heavy atom. The molecule has 1 N–H and O–H groups in total. The molecule has 5 heteroatoms. The van der Waals surface area contributed by atoms with Crippen LogP contribution in [-0.4, -0.2) is 9.97 Å². The van der Waals surface area contributed by atoms with Gasteiger partial charge in [-0.05, 0) is 42.0 Å². The standard InChI is InChI=1S/C15H14FN3S/c1-9-5-11(6-10(2)13(9)16)7-17-14-12-3-4-20-15(12)19-8-18-14/h3-6,8H,7H2,1-2H3,(H,17,18,19). The third-order valence-corrected chi connectivity index (χ3v) is 4.04. The first kappa shape index (κ1) is 13.0. The van der Waals surface area contributed by atoms with E-state index in [4.69, 9.17) is 0 Å². The van der Waals surface area contributed by atoms with Crippen molar-refractivity contribution in [3.05, 3.63) is 52.4 Å². The highest BCUT2D eigenvalue weighted by atomic mass is 32.1. The molecule has 0 saturated carbocycles. The molecule has 3 rings (SSSR count). The average molecular weight is 287 g/mol. The van der Waals surface area contributed by atoms with Crippen LogP contribution in [0.25, 0.3) is 10.2 Å². The van der Waals surface area contributed by atoms with Crippen LogP contribution in [0, 0.1) is 19.7 Å². The Hall–Kier alpha value is -2.01. The van der Waals surface area contributed by atoms with Crippen LogP contribution in [0.3, 0.4) is 0 Å². The summed E-state index contributed by atoms with van der Waals surface area (Å²) in [4.78, 5) is 9.45. The molecule has 0 spiro atoms. The van der Waals surface area contributed by atoms with Gasteiger partial charge in [0.1, 0.15) is 22.8 Å². The molecule has 0 radical (unpaired) electrons. The van der Waals surface area contributed by atoms with Gasteiger partial charge < -0.3 is 5.32 Å². The highest BCUT2D eigenvalue weighted by molar-refractivity contribution is 7.16. The number of aryl methyl sites for hydroxylation is 2. The molecule has 2 aromatic heterocycles. The van der Waals surface area contributed by atoms with Gasteiger partial charge >= 0.3 is 0 Å². The van der Waals surface area contributed by atoms with Crippen molar-refractivity contribution in [3.8, 4) is 0 Å². The summed E-state index contributed by atoms with van der Waals surface area (Å²) in [7, 11) is 0. The third kappa shape index (κ3) is 2.36. The molecule has 2 heterocycles. The zero-order chi connectivity index (χ0) is 14.1. The summed E-state index contributed by atoms with van der Waals surface area (Å²) >= 11 is 1.59. The van der Waals surface area contributed by atoms with Crippen molar-refractivity contribution in [3.63, 3.8) is 0 Å². The minimum atomic E-state index is -0.129. The number of nitrogens with zero attached hydrogens (tertiary/aromatic N) is 2. The van der Waals surface area contributed by atoms with Gasteiger partial charge in [-0.2, -0.15) is 0 Å². The Morgan fingerprint density at radius 1 is 1.20 bits per heavy atom. The van der Waals surface area contributed by atoms with Gasteiger partial charge in [0.15, 0.2) is 0 Å². The molecule has 0 amide bonds. The van der Waals surface area contributed by atoms with Gasteiger partial charge in [0, 0.05) is 6.54 Å². The van der Waals surface area contributed by atoms with Gasteiger partial charge in [0.25, 0.3) is 0 Å². The molecule has 20 heavy (non-hydrogen) atoms. The number of hydrogen-bond donors (Lipinski definition) is 1. The fourth-order valence-corrected chi connectivity index (χ4v) is 2.99. The number of nitrogens with one attached hydrogen (secondary N) is 1. The van der Waals surface area contributed by atoms with Crippen LogP contribution >= 0.6 is 11.3 Å². The number of halogens is 1. The van der Waals surface area contributed by atoms with E-state index < -0.39 is 0 Å². The van der Waals surface area contributed by atoms with Crippen LogP contribution in [-0.2, 0) is 6.54 Å². The third-order valence-electron chi connectivity index (χ3n) is 3.22. The maximum atomic E-state index is 13.6. The first-order valence-electron chi connectivity index (χ1n) is 6.33. The molecule has 1 aromatic carbocycles. The molecule has 0 aliphatic rings. The zero-order valence-corrected chi connectivity index (χ0v) is 12.1. The number of anilines is 1. The van der Waals surface area contributed by atoms with E-state index in [0.29, 0.717) is 17.7 Å². The Bertz CT molecular complexity index is 744. The van der Waals surface area contributed by atoms with E-state index in [1.54, 1.807) is 31.5 Å². The number of rotatable bonds is 3. The van der Waals surface area contributed by atoms with E-state index in [1.807, 2.05) is 23.6 Å². The fraction of sp³-hybridized carbons (Fsp3) is 0.200. The molecule has 0 bridgehead atoms. The van der Waals surface area contributed by atoms with Crippen molar-refractivity contribution in [2.24, 2.45) is 0 Å². The second kappa shape index (κ2) is 5.17. The predicted molar refractivity (Wildman–Crippen MR) is 80.6 cm³/mol. The second-order valence-corrected chi connectivity index (χ2v) is 5.65. The van der Waals surface area contributed by atoms with Gasteiger partial charge in [-0.1, -0.05) is 12.1 Å². The fourth-order valence-electron chi connectivity index (χ4n) is 2.25. The average Bonchev–Trinajstić information content (AvgIpc) is 2.91. The monoisotopic (exact) mass is 287 g/mol. The van der Waals surface area contributed by atoms with E-state index in [-0.39, 0.29) is 5.82 Å². The summed E-state index contributed by atoms with van der Waals surface area (Å²) in [6.45, 7) is 4.19. The Morgan fingerprint density at radius 2 is 1.95 bits per heavy atom. The SMILES string of the molecule is Cc1cc(CNc2ncnc3sccc23)cc(C)c1F. The number of benzene rings is 1. The van der Waals surface area contributed by atoms with E-state index in [0.717, 1.165) is 21.6 Å². The van der Waals surface area contributed by atoms with Crippen LogP contribution in [0.1, 0.15) is 16.7 Å². The summed E-state index contributed by atoms with van der Waals surface area (Å²) in [6.07, 6.45) is 1.56. The lowest BCUT2D eigenvalue weighted by Gasteiger charge is -2.09. The molecule has 0 saturated heterocycles. The molecule has 0 fully saturated rings. The normalized spacial score (nSPS) is 10.9. The minimum absolute atomic E-state index is 0.129. The lowest BCUT2D eigenvalue weighted by Crippen LogP contribution is -2.03. The molecular formula is C15H14FN3S. The van der Waals surface area contributed by atoms with Crippen LogP contribution in [0.15, 0.2) is 29.9 Å². The molecule has 3 nitrogen and oxygen atoms in total. The predicted octanol–water partition coefficient (Wildman–Crippen LogP) is 4.06. The van der Waals surface area contributed by atoms with Gasteiger partial charge in [-0.3, -0.25) is 0 Å². The Labute approximate surface area is 120 Å². The molecule has 102 valence electrons. The maximum Gasteiger partial charge on any atom is 0.138 e. The summed E-state index contributed by atoms with van der Waals surface area (Å²) in [5.41, 5.74) is 2.39. The first-order valence-corrected chi connectivity index (χ1v) is 7.21. The lowest BCUT2D eigenvalue weighted by atomic mass is 10.1. The van der Waals surface area contributed by atoms with Crippen molar-refractivity contribution in [1.82, 2.24) is 9.97 Å². The van der Waals surface area contributed by atoms with Crippen molar-refractivity contribution in [2.45, 2.75) is 20.4 Å². The lowest BCUT2D eigenvalue weighted by molar-refractivity contribution is 0.608. The largest absolute Gasteiger partial charge is 0.365 e. The second-order valence-electron chi connectivity index (χ2n) is 4.76. The van der Waals surface area contributed by atoms with E-state index in [1.165, 1.54) is 0 Å². The van der Waals surface area contributed by atoms with E-state index >= 15 is 0 Å². The molecule has 0 unspecified atom stereocenters. The summed E-state index contributed by atoms with van der Waals surface area (Å²) in [5.74, 6) is 0.687. The van der Waals surface area contributed by atoms with Crippen LogP contribution in [0.5, 0.6) is 0 Å². The Kier molecular flexibility index (Phi) is 3.36. The smallest absolute Gasteiger partial charge is 0.138 e. The topological polar surface area (TPSA) is 37.8 Å². The highest BCUT2D eigenvalue weighted by Crippen LogP contribution is 2.24. The maximum absolute atomic E-state index is 13.6. The molecular weight excluding hydrogens is 273 g/mol. The van der Waals surface area contributed by atoms with Crippen molar-refractivity contribution in [1.29, 1.82) is 0 Å². The summed E-state index contributed by atoms with van der Waals surface area (Å²) in [6, 6.07) is 5.73. The summed E-state index contributed by atoms with van der Waals surface area (Å²) < 4.78 is 13.6. The van der Waals surface area contributed by atoms with E-state index in [2.05, 4.69) is 15.3 Å². The van der Waals surface area contributed by atoms with Crippen LogP contribution in [0.2, 0.25) is 0 Å². The van der Waals surface area contributed by atoms with E-state index in [9.17, 15) is 4.39 Å². The Balaban J connectivity index is 1.85. The molecule has 0 aliphatic carbocycles. The highest BCUT2D eigenvalue weighted by Gasteiger charge is 2.07. The van der Waals surface area contributed by atoms with Crippen molar-refractivity contribution < 1.29 is 4.39 Å². The van der Waals surface area contributed by atoms with Gasteiger partial charge in [-0.15, -0.1) is 11.3 Å². The number of aromatic nitrogens is 2. The summed E-state index contributed by atoms with van der Waals surface area (Å²) in [5, 5.41) is 6.32. The molecule has 0 aliphatic heterocycles. The van der Waals surface area contributed by atoms with Crippen molar-refractivity contribution in [2.75, 3.05) is 5.32 Å². The molecule has 0 atom stereocenters. The van der Waals surface area contributed by atoms with Crippen LogP contribution in [0.4, 0.5) is 10.2 Å². The van der Waals surface area contributed by atoms with Gasteiger partial charge in [-0.25, -0.2) is 14.4 Å². The van der Waals surface area contributed by atoms with Gasteiger partial charge in [0.05, 0.1) is 5.39 Å². The van der Waals surface area contributed by atoms with Gasteiger partial charge in [0.2, 0.25) is 0 Å². The molecule has 3 aromatic rings. The number of hydrogen-bond acceptors (Lipinski definition) is 4. The number of thiophene rings is 1. The zero-order valence-electron chi connectivity index (χ0n) is 11.3. The quantitative estimate of drug-likeness (QED) is 0.789.